The first-order valence-corrected chi connectivity index (χ1v) is 6.86. The molecule has 0 amide bonds. The van der Waals surface area contributed by atoms with Crippen LogP contribution in [0.1, 0.15) is 37.1 Å². The molecule has 0 radical (unpaired) electrons. The van der Waals surface area contributed by atoms with Gasteiger partial charge in [-0.25, -0.2) is 8.78 Å². The Morgan fingerprint density at radius 3 is 2.19 bits per heavy atom. The molecule has 2 atom stereocenters. The minimum atomic E-state index is -0.387. The second kappa shape index (κ2) is 6.68. The van der Waals surface area contributed by atoms with E-state index < -0.39 is 0 Å². The van der Waals surface area contributed by atoms with Crippen LogP contribution in [0.5, 0.6) is 5.75 Å². The molecule has 0 heterocycles. The maximum Gasteiger partial charge on any atom is 0.165 e. The highest BCUT2D eigenvalue weighted by atomic mass is 19.1. The van der Waals surface area contributed by atoms with Crippen molar-refractivity contribution in [3.05, 3.63) is 65.2 Å². The summed E-state index contributed by atoms with van der Waals surface area (Å²) in [5.41, 5.74) is 1.67. The van der Waals surface area contributed by atoms with E-state index in [-0.39, 0.29) is 29.5 Å². The third-order valence-electron chi connectivity index (χ3n) is 3.52. The molecule has 1 unspecified atom stereocenters. The lowest BCUT2D eigenvalue weighted by Crippen LogP contribution is -2.22. The molecule has 112 valence electrons. The molecule has 0 saturated heterocycles. The molecule has 0 aliphatic rings. The molecule has 2 aromatic carbocycles. The van der Waals surface area contributed by atoms with Gasteiger partial charge in [0.2, 0.25) is 0 Å². The van der Waals surface area contributed by atoms with Crippen LogP contribution in [0.4, 0.5) is 8.78 Å². The van der Waals surface area contributed by atoms with E-state index in [0.717, 1.165) is 11.1 Å². The largest absolute Gasteiger partial charge is 0.494 e. The van der Waals surface area contributed by atoms with Crippen molar-refractivity contribution in [1.82, 2.24) is 5.32 Å². The van der Waals surface area contributed by atoms with Gasteiger partial charge < -0.3 is 10.1 Å². The molecule has 2 aromatic rings. The number of hydrogen-bond donors (Lipinski definition) is 1. The maximum absolute atomic E-state index is 13.7. The Balaban J connectivity index is 2.10. The molecule has 2 rings (SSSR count). The second-order valence-corrected chi connectivity index (χ2v) is 5.06. The number of halogens is 2. The second-order valence-electron chi connectivity index (χ2n) is 5.06. The zero-order valence-corrected chi connectivity index (χ0v) is 12.4. The molecular formula is C17H19F2NO. The quantitative estimate of drug-likeness (QED) is 0.882. The molecule has 0 aliphatic heterocycles. The first kappa shape index (κ1) is 15.4. The first-order valence-electron chi connectivity index (χ1n) is 6.86. The fourth-order valence-electron chi connectivity index (χ4n) is 2.30. The molecular weight excluding hydrogens is 272 g/mol. The van der Waals surface area contributed by atoms with Gasteiger partial charge in [0.25, 0.3) is 0 Å². The highest BCUT2D eigenvalue weighted by Crippen LogP contribution is 2.24. The van der Waals surface area contributed by atoms with Crippen LogP contribution < -0.4 is 10.1 Å². The zero-order chi connectivity index (χ0) is 15.4. The summed E-state index contributed by atoms with van der Waals surface area (Å²) < 4.78 is 31.9. The van der Waals surface area contributed by atoms with Gasteiger partial charge in [-0.15, -0.1) is 0 Å². The zero-order valence-electron chi connectivity index (χ0n) is 12.4. The van der Waals surface area contributed by atoms with E-state index in [1.807, 2.05) is 26.0 Å². The molecule has 4 heteroatoms. The molecule has 21 heavy (non-hydrogen) atoms. The lowest BCUT2D eigenvalue weighted by Gasteiger charge is -2.21. The van der Waals surface area contributed by atoms with Gasteiger partial charge in [-0.1, -0.05) is 18.2 Å². The highest BCUT2D eigenvalue weighted by Gasteiger charge is 2.13. The van der Waals surface area contributed by atoms with Gasteiger partial charge in [-0.05, 0) is 49.2 Å². The van der Waals surface area contributed by atoms with Crippen molar-refractivity contribution in [3.8, 4) is 5.75 Å². The average Bonchev–Trinajstić information content (AvgIpc) is 2.47. The number of ether oxygens (including phenoxy) is 1. The van der Waals surface area contributed by atoms with Crippen molar-refractivity contribution in [2.75, 3.05) is 7.11 Å². The van der Waals surface area contributed by atoms with Crippen molar-refractivity contribution in [2.24, 2.45) is 0 Å². The molecule has 1 N–H and O–H groups in total. The lowest BCUT2D eigenvalue weighted by molar-refractivity contribution is 0.385. The van der Waals surface area contributed by atoms with Crippen LogP contribution in [0.3, 0.4) is 0 Å². The number of nitrogens with one attached hydrogen (secondary N) is 1. The van der Waals surface area contributed by atoms with E-state index in [4.69, 9.17) is 4.74 Å². The Labute approximate surface area is 123 Å². The van der Waals surface area contributed by atoms with Gasteiger partial charge in [-0.3, -0.25) is 0 Å². The van der Waals surface area contributed by atoms with Crippen LogP contribution in [-0.2, 0) is 0 Å². The Morgan fingerprint density at radius 1 is 0.952 bits per heavy atom. The summed E-state index contributed by atoms with van der Waals surface area (Å²) >= 11 is 0. The topological polar surface area (TPSA) is 21.3 Å². The standard InChI is InChI=1S/C17H19F2NO/c1-11(13-5-4-6-15(18)9-13)20-12(2)14-7-8-17(21-3)16(19)10-14/h4-12,20H,1-3H3/t11-,12?/m1/s1. The summed E-state index contributed by atoms with van der Waals surface area (Å²) in [5, 5.41) is 3.33. The van der Waals surface area contributed by atoms with Crippen LogP contribution >= 0.6 is 0 Å². The number of hydrogen-bond acceptors (Lipinski definition) is 2. The van der Waals surface area contributed by atoms with Crippen LogP contribution in [0.25, 0.3) is 0 Å². The number of methoxy groups -OCH3 is 1. The predicted molar refractivity (Wildman–Crippen MR) is 79.3 cm³/mol. The highest BCUT2D eigenvalue weighted by molar-refractivity contribution is 5.31. The maximum atomic E-state index is 13.7. The van der Waals surface area contributed by atoms with Gasteiger partial charge >= 0.3 is 0 Å². The monoisotopic (exact) mass is 291 g/mol. The summed E-state index contributed by atoms with van der Waals surface area (Å²) in [7, 11) is 1.44. The summed E-state index contributed by atoms with van der Waals surface area (Å²) in [6, 6.07) is 11.2. The van der Waals surface area contributed by atoms with E-state index in [0.29, 0.717) is 0 Å². The Morgan fingerprint density at radius 2 is 1.62 bits per heavy atom. The normalized spacial score (nSPS) is 13.8. The van der Waals surface area contributed by atoms with E-state index in [1.54, 1.807) is 12.1 Å². The van der Waals surface area contributed by atoms with Crippen LogP contribution in [0.2, 0.25) is 0 Å². The van der Waals surface area contributed by atoms with Crippen molar-refractivity contribution in [3.63, 3.8) is 0 Å². The molecule has 0 saturated carbocycles. The fraction of sp³-hybridized carbons (Fsp3) is 0.294. The molecule has 0 spiro atoms. The molecule has 0 aromatic heterocycles. The summed E-state index contributed by atoms with van der Waals surface area (Å²) in [5.74, 6) is -0.421. The van der Waals surface area contributed by atoms with Crippen molar-refractivity contribution >= 4 is 0 Å². The van der Waals surface area contributed by atoms with Gasteiger partial charge in [0.1, 0.15) is 5.82 Å². The smallest absolute Gasteiger partial charge is 0.165 e. The van der Waals surface area contributed by atoms with E-state index >= 15 is 0 Å². The van der Waals surface area contributed by atoms with Crippen molar-refractivity contribution in [2.45, 2.75) is 25.9 Å². The van der Waals surface area contributed by atoms with Gasteiger partial charge in [-0.2, -0.15) is 0 Å². The molecule has 0 bridgehead atoms. The predicted octanol–water partition coefficient (Wildman–Crippen LogP) is 4.39. The van der Waals surface area contributed by atoms with E-state index in [1.165, 1.54) is 25.3 Å². The van der Waals surface area contributed by atoms with Crippen LogP contribution in [0.15, 0.2) is 42.5 Å². The first-order chi connectivity index (χ1) is 10.0. The summed E-state index contributed by atoms with van der Waals surface area (Å²) in [6.07, 6.45) is 0. The van der Waals surface area contributed by atoms with Gasteiger partial charge in [0.15, 0.2) is 11.6 Å². The summed E-state index contributed by atoms with van der Waals surface area (Å²) in [4.78, 5) is 0. The molecule has 2 nitrogen and oxygen atoms in total. The van der Waals surface area contributed by atoms with Gasteiger partial charge in [0.05, 0.1) is 7.11 Å². The number of benzene rings is 2. The van der Waals surface area contributed by atoms with Crippen molar-refractivity contribution < 1.29 is 13.5 Å². The SMILES string of the molecule is COc1ccc(C(C)N[C@H](C)c2cccc(F)c2)cc1F. The van der Waals surface area contributed by atoms with Crippen LogP contribution in [-0.4, -0.2) is 7.11 Å². The fourth-order valence-corrected chi connectivity index (χ4v) is 2.30. The Kier molecular flexibility index (Phi) is 4.91. The molecule has 0 fully saturated rings. The van der Waals surface area contributed by atoms with E-state index in [2.05, 4.69) is 5.32 Å². The Bertz CT molecular complexity index is 615. The summed E-state index contributed by atoms with van der Waals surface area (Å²) in [6.45, 7) is 3.89. The minimum absolute atomic E-state index is 0.0409. The number of rotatable bonds is 5. The average molecular weight is 291 g/mol. The lowest BCUT2D eigenvalue weighted by atomic mass is 10.0. The van der Waals surface area contributed by atoms with Crippen molar-refractivity contribution in [1.29, 1.82) is 0 Å². The third kappa shape index (κ3) is 3.79. The molecule has 0 aliphatic carbocycles. The third-order valence-corrected chi connectivity index (χ3v) is 3.52. The van der Waals surface area contributed by atoms with Gasteiger partial charge in [0, 0.05) is 12.1 Å². The Hall–Kier alpha value is -1.94. The van der Waals surface area contributed by atoms with Crippen LogP contribution in [0, 0.1) is 11.6 Å². The van der Waals surface area contributed by atoms with E-state index in [9.17, 15) is 8.78 Å². The minimum Gasteiger partial charge on any atom is -0.494 e.